The van der Waals surface area contributed by atoms with Crippen LogP contribution in [0, 0.1) is 0 Å². The molecule has 3 aromatic rings. The van der Waals surface area contributed by atoms with E-state index in [2.05, 4.69) is 10.6 Å². The van der Waals surface area contributed by atoms with Gasteiger partial charge in [0.2, 0.25) is 0 Å². The number of benzene rings is 2. The van der Waals surface area contributed by atoms with Crippen LogP contribution in [0.1, 0.15) is 24.1 Å². The van der Waals surface area contributed by atoms with Gasteiger partial charge in [-0.1, -0.05) is 30.3 Å². The third kappa shape index (κ3) is 3.46. The van der Waals surface area contributed by atoms with Crippen LogP contribution in [0.5, 0.6) is 0 Å². The number of hydrogen-bond donors (Lipinski definition) is 2. The van der Waals surface area contributed by atoms with Gasteiger partial charge in [0.05, 0.1) is 5.56 Å². The van der Waals surface area contributed by atoms with E-state index in [0.717, 1.165) is 17.7 Å². The smallest absolute Gasteiger partial charge is 0.373 e. The first kappa shape index (κ1) is 17.7. The van der Waals surface area contributed by atoms with Gasteiger partial charge in [0.1, 0.15) is 11.4 Å². The van der Waals surface area contributed by atoms with E-state index >= 15 is 0 Å². The normalized spacial score (nSPS) is 12.8. The first-order chi connectivity index (χ1) is 12.3. The molecule has 0 aromatic heterocycles. The fraction of sp³-hybridized carbons (Fsp3) is 0.158. The molecule has 3 rings (SSSR count). The number of anilines is 3. The molecule has 134 valence electrons. The molecular weight excluding hydrogens is 345 g/mol. The second-order valence-electron chi connectivity index (χ2n) is 5.89. The Hall–Kier alpha value is -3.09. The van der Waals surface area contributed by atoms with Crippen molar-refractivity contribution in [3.63, 3.8) is 0 Å². The Kier molecular flexibility index (Phi) is 4.54. The highest BCUT2D eigenvalue weighted by Crippen LogP contribution is 2.31. The maximum Gasteiger partial charge on any atom is 0.416 e. The lowest BCUT2D eigenvalue weighted by Crippen LogP contribution is -2.37. The van der Waals surface area contributed by atoms with Gasteiger partial charge in [-0.3, -0.25) is 9.59 Å². The number of hydrogen-bond acceptors (Lipinski definition) is 4. The predicted molar refractivity (Wildman–Crippen MR) is 94.6 cm³/mol. The number of alkyl halides is 3. The molecule has 1 atom stereocenters. The summed E-state index contributed by atoms with van der Waals surface area (Å²) in [6.07, 6.45) is -4.43. The molecule has 0 aliphatic heterocycles. The lowest BCUT2D eigenvalue weighted by molar-refractivity contribution is -0.137. The SMILES string of the molecule is C[C@@H](Nc1c(Nc2ccc(C(F)(F)F)cc2)c(=O)c1=O)c1ccccc1. The summed E-state index contributed by atoms with van der Waals surface area (Å²) in [5.41, 5.74) is -0.732. The minimum atomic E-state index is -4.43. The Morgan fingerprint density at radius 1 is 0.846 bits per heavy atom. The lowest BCUT2D eigenvalue weighted by Gasteiger charge is -2.20. The quantitative estimate of drug-likeness (QED) is 0.669. The zero-order valence-electron chi connectivity index (χ0n) is 13.7. The van der Waals surface area contributed by atoms with Crippen LogP contribution in [0.15, 0.2) is 64.2 Å². The van der Waals surface area contributed by atoms with Crippen LogP contribution < -0.4 is 21.5 Å². The van der Waals surface area contributed by atoms with E-state index in [9.17, 15) is 22.8 Å². The monoisotopic (exact) mass is 360 g/mol. The highest BCUT2D eigenvalue weighted by atomic mass is 19.4. The molecule has 0 aliphatic carbocycles. The van der Waals surface area contributed by atoms with Crippen molar-refractivity contribution in [3.8, 4) is 0 Å². The predicted octanol–water partition coefficient (Wildman–Crippen LogP) is 4.22. The van der Waals surface area contributed by atoms with E-state index < -0.39 is 22.6 Å². The fourth-order valence-corrected chi connectivity index (χ4v) is 2.58. The largest absolute Gasteiger partial charge is 0.416 e. The van der Waals surface area contributed by atoms with Crippen LogP contribution in [0.4, 0.5) is 30.2 Å². The molecule has 4 nitrogen and oxygen atoms in total. The summed E-state index contributed by atoms with van der Waals surface area (Å²) in [6.45, 7) is 1.84. The zero-order chi connectivity index (χ0) is 18.9. The van der Waals surface area contributed by atoms with E-state index in [4.69, 9.17) is 0 Å². The van der Waals surface area contributed by atoms with Gasteiger partial charge in [0.25, 0.3) is 10.9 Å². The highest BCUT2D eigenvalue weighted by Gasteiger charge is 2.30. The van der Waals surface area contributed by atoms with E-state index in [1.165, 1.54) is 12.1 Å². The average Bonchev–Trinajstić information content (AvgIpc) is 2.64. The molecule has 0 fully saturated rings. The molecule has 2 N–H and O–H groups in total. The Labute approximate surface area is 147 Å². The van der Waals surface area contributed by atoms with Crippen molar-refractivity contribution in [1.29, 1.82) is 0 Å². The van der Waals surface area contributed by atoms with Crippen molar-refractivity contribution in [2.75, 3.05) is 10.6 Å². The minimum absolute atomic E-state index is 0.0533. The fourth-order valence-electron chi connectivity index (χ4n) is 2.58. The van der Waals surface area contributed by atoms with Gasteiger partial charge in [-0.05, 0) is 36.8 Å². The first-order valence-electron chi connectivity index (χ1n) is 7.86. The second-order valence-corrected chi connectivity index (χ2v) is 5.89. The standard InChI is InChI=1S/C19H15F3N2O2/c1-11(12-5-3-2-4-6-12)23-15-16(18(26)17(15)25)24-14-9-7-13(8-10-14)19(20,21)22/h2-11,23-24H,1H3/t11-/m1/s1. The molecule has 0 saturated heterocycles. The topological polar surface area (TPSA) is 58.2 Å². The summed E-state index contributed by atoms with van der Waals surface area (Å²) < 4.78 is 37.8. The zero-order valence-corrected chi connectivity index (χ0v) is 13.7. The van der Waals surface area contributed by atoms with Crippen molar-refractivity contribution >= 4 is 17.1 Å². The van der Waals surface area contributed by atoms with Gasteiger partial charge in [0, 0.05) is 11.7 Å². The summed E-state index contributed by atoms with van der Waals surface area (Å²) >= 11 is 0. The Balaban J connectivity index is 1.79. The lowest BCUT2D eigenvalue weighted by atomic mass is 10.1. The molecule has 0 amide bonds. The van der Waals surface area contributed by atoms with Crippen molar-refractivity contribution in [2.24, 2.45) is 0 Å². The van der Waals surface area contributed by atoms with Gasteiger partial charge in [-0.15, -0.1) is 0 Å². The van der Waals surface area contributed by atoms with Gasteiger partial charge < -0.3 is 10.6 Å². The molecule has 0 spiro atoms. The highest BCUT2D eigenvalue weighted by molar-refractivity contribution is 5.79. The third-order valence-electron chi connectivity index (χ3n) is 4.05. The van der Waals surface area contributed by atoms with Crippen LogP contribution >= 0.6 is 0 Å². The Morgan fingerprint density at radius 3 is 2.00 bits per heavy atom. The molecule has 0 heterocycles. The van der Waals surface area contributed by atoms with Crippen LogP contribution in [0.3, 0.4) is 0 Å². The molecule has 0 unspecified atom stereocenters. The minimum Gasteiger partial charge on any atom is -0.373 e. The third-order valence-corrected chi connectivity index (χ3v) is 4.05. The van der Waals surface area contributed by atoms with E-state index in [-0.39, 0.29) is 17.4 Å². The summed E-state index contributed by atoms with van der Waals surface area (Å²) in [5, 5.41) is 5.71. The summed E-state index contributed by atoms with van der Waals surface area (Å²) in [6, 6.07) is 13.4. The van der Waals surface area contributed by atoms with Gasteiger partial charge in [-0.2, -0.15) is 13.2 Å². The molecule has 7 heteroatoms. The van der Waals surface area contributed by atoms with Gasteiger partial charge in [0.15, 0.2) is 0 Å². The Morgan fingerprint density at radius 2 is 1.42 bits per heavy atom. The van der Waals surface area contributed by atoms with Crippen LogP contribution in [0.2, 0.25) is 0 Å². The maximum absolute atomic E-state index is 12.6. The molecule has 0 bridgehead atoms. The summed E-state index contributed by atoms with van der Waals surface area (Å²) in [5.74, 6) is 0. The molecule has 3 aromatic carbocycles. The second kappa shape index (κ2) is 6.67. The molecule has 26 heavy (non-hydrogen) atoms. The number of rotatable bonds is 5. The summed E-state index contributed by atoms with van der Waals surface area (Å²) in [4.78, 5) is 23.7. The van der Waals surface area contributed by atoms with Crippen molar-refractivity contribution in [1.82, 2.24) is 0 Å². The van der Waals surface area contributed by atoms with E-state index in [1.807, 2.05) is 37.3 Å². The van der Waals surface area contributed by atoms with Crippen molar-refractivity contribution in [2.45, 2.75) is 19.1 Å². The van der Waals surface area contributed by atoms with Crippen molar-refractivity contribution < 1.29 is 13.2 Å². The molecule has 0 radical (unpaired) electrons. The van der Waals surface area contributed by atoms with E-state index in [0.29, 0.717) is 5.69 Å². The van der Waals surface area contributed by atoms with Gasteiger partial charge >= 0.3 is 6.18 Å². The van der Waals surface area contributed by atoms with Crippen molar-refractivity contribution in [3.05, 3.63) is 86.2 Å². The Bertz CT molecular complexity index is 973. The number of halogens is 3. The van der Waals surface area contributed by atoms with E-state index in [1.54, 1.807) is 0 Å². The van der Waals surface area contributed by atoms with Crippen LogP contribution in [-0.4, -0.2) is 0 Å². The first-order valence-corrected chi connectivity index (χ1v) is 7.86. The molecular formula is C19H15F3N2O2. The van der Waals surface area contributed by atoms with Gasteiger partial charge in [-0.25, -0.2) is 0 Å². The maximum atomic E-state index is 12.6. The summed E-state index contributed by atoms with van der Waals surface area (Å²) in [7, 11) is 0. The molecule has 0 aliphatic rings. The number of nitrogens with one attached hydrogen (secondary N) is 2. The average molecular weight is 360 g/mol. The van der Waals surface area contributed by atoms with Crippen LogP contribution in [-0.2, 0) is 6.18 Å². The van der Waals surface area contributed by atoms with Crippen LogP contribution in [0.25, 0.3) is 0 Å². The molecule has 0 saturated carbocycles.